The Labute approximate surface area is 183 Å². The van der Waals surface area contributed by atoms with Crippen molar-refractivity contribution in [2.45, 2.75) is 17.9 Å². The number of β-amino-alcohol motifs (C(OH)–C–C–N with tert-alkyl or cyclic N) is 1. The van der Waals surface area contributed by atoms with Crippen molar-refractivity contribution in [3.8, 4) is 17.2 Å². The fourth-order valence-electron chi connectivity index (χ4n) is 3.73. The van der Waals surface area contributed by atoms with Crippen LogP contribution in [0.15, 0.2) is 47.4 Å². The number of aliphatic hydroxyl groups is 1. The Morgan fingerprint density at radius 2 is 1.77 bits per heavy atom. The molecule has 1 saturated heterocycles. The first-order chi connectivity index (χ1) is 14.9. The van der Waals surface area contributed by atoms with Gasteiger partial charge in [-0.2, -0.15) is 4.31 Å². The van der Waals surface area contributed by atoms with Gasteiger partial charge in [0, 0.05) is 38.8 Å². The van der Waals surface area contributed by atoms with Gasteiger partial charge in [0.1, 0.15) is 31.7 Å². The monoisotopic (exact) mass is 448 g/mol. The Morgan fingerprint density at radius 1 is 1.03 bits per heavy atom. The van der Waals surface area contributed by atoms with Gasteiger partial charge >= 0.3 is 0 Å². The van der Waals surface area contributed by atoms with Gasteiger partial charge in [0.15, 0.2) is 11.5 Å². The molecule has 0 amide bonds. The third-order valence-corrected chi connectivity index (χ3v) is 7.28. The lowest BCUT2D eigenvalue weighted by molar-refractivity contribution is 0.0569. The Kier molecular flexibility index (Phi) is 6.66. The zero-order valence-corrected chi connectivity index (χ0v) is 18.4. The van der Waals surface area contributed by atoms with E-state index in [2.05, 4.69) is 4.90 Å². The van der Waals surface area contributed by atoms with E-state index < -0.39 is 16.1 Å². The molecule has 9 heteroatoms. The van der Waals surface area contributed by atoms with Gasteiger partial charge in [-0.25, -0.2) is 8.42 Å². The smallest absolute Gasteiger partial charge is 0.243 e. The molecule has 2 aliphatic heterocycles. The summed E-state index contributed by atoms with van der Waals surface area (Å²) in [5.74, 6) is 1.76. The number of aryl methyl sites for hydroxylation is 1. The van der Waals surface area contributed by atoms with Crippen molar-refractivity contribution >= 4 is 10.0 Å². The van der Waals surface area contributed by atoms with E-state index >= 15 is 0 Å². The molecule has 8 nitrogen and oxygen atoms in total. The summed E-state index contributed by atoms with van der Waals surface area (Å²) < 4.78 is 44.2. The highest BCUT2D eigenvalue weighted by molar-refractivity contribution is 7.89. The number of benzene rings is 2. The van der Waals surface area contributed by atoms with Gasteiger partial charge in [-0.3, -0.25) is 4.90 Å². The van der Waals surface area contributed by atoms with Crippen LogP contribution in [-0.2, 0) is 10.0 Å². The molecule has 0 aromatic heterocycles. The predicted molar refractivity (Wildman–Crippen MR) is 115 cm³/mol. The zero-order chi connectivity index (χ0) is 21.8. The van der Waals surface area contributed by atoms with Crippen molar-refractivity contribution in [3.05, 3.63) is 48.0 Å². The van der Waals surface area contributed by atoms with Crippen LogP contribution < -0.4 is 14.2 Å². The standard InChI is InChI=1S/C22H28N2O6S/c1-17-3-2-4-19(13-17)30-16-18(25)15-23-7-9-24(10-8-23)31(26,27)20-5-6-21-22(14-20)29-12-11-28-21/h2-6,13-14,18,25H,7-12,15-16H2,1H3/t18-/m1/s1. The van der Waals surface area contributed by atoms with Crippen molar-refractivity contribution in [2.75, 3.05) is 52.5 Å². The van der Waals surface area contributed by atoms with Crippen LogP contribution in [0.2, 0.25) is 0 Å². The second-order valence-corrected chi connectivity index (χ2v) is 9.73. The molecule has 2 aromatic rings. The van der Waals surface area contributed by atoms with Gasteiger partial charge in [-0.1, -0.05) is 12.1 Å². The first-order valence-corrected chi connectivity index (χ1v) is 11.9. The molecule has 0 unspecified atom stereocenters. The fourth-order valence-corrected chi connectivity index (χ4v) is 5.17. The maximum Gasteiger partial charge on any atom is 0.243 e. The Hall–Kier alpha value is -2.33. The number of ether oxygens (including phenoxy) is 3. The summed E-state index contributed by atoms with van der Waals surface area (Å²) in [4.78, 5) is 2.26. The van der Waals surface area contributed by atoms with Crippen LogP contribution in [0.25, 0.3) is 0 Å². The lowest BCUT2D eigenvalue weighted by atomic mass is 10.2. The average molecular weight is 449 g/mol. The fraction of sp³-hybridized carbons (Fsp3) is 0.455. The van der Waals surface area contributed by atoms with Gasteiger partial charge in [0.25, 0.3) is 0 Å². The third kappa shape index (κ3) is 5.30. The van der Waals surface area contributed by atoms with Crippen molar-refractivity contribution in [3.63, 3.8) is 0 Å². The van der Waals surface area contributed by atoms with Crippen LogP contribution in [0.1, 0.15) is 5.56 Å². The maximum atomic E-state index is 13.0. The lowest BCUT2D eigenvalue weighted by Gasteiger charge is -2.35. The van der Waals surface area contributed by atoms with Gasteiger partial charge in [-0.05, 0) is 36.8 Å². The highest BCUT2D eigenvalue weighted by Crippen LogP contribution is 2.33. The molecule has 0 saturated carbocycles. The number of rotatable bonds is 7. The molecular formula is C22H28N2O6S. The highest BCUT2D eigenvalue weighted by atomic mass is 32.2. The van der Waals surface area contributed by atoms with E-state index in [0.717, 1.165) is 11.3 Å². The molecule has 168 valence electrons. The number of hydrogen-bond donors (Lipinski definition) is 1. The molecule has 1 fully saturated rings. The summed E-state index contributed by atoms with van der Waals surface area (Å²) in [5, 5.41) is 10.3. The Morgan fingerprint density at radius 3 is 2.52 bits per heavy atom. The number of sulfonamides is 1. The van der Waals surface area contributed by atoms with Crippen LogP contribution in [0.5, 0.6) is 17.2 Å². The van der Waals surface area contributed by atoms with Gasteiger partial charge < -0.3 is 19.3 Å². The SMILES string of the molecule is Cc1cccc(OC[C@H](O)CN2CCN(S(=O)(=O)c3ccc4c(c3)OCCO4)CC2)c1. The second-order valence-electron chi connectivity index (χ2n) is 7.79. The Balaban J connectivity index is 1.28. The van der Waals surface area contributed by atoms with Gasteiger partial charge in [-0.15, -0.1) is 0 Å². The first kappa shape index (κ1) is 21.9. The maximum absolute atomic E-state index is 13.0. The van der Waals surface area contributed by atoms with E-state index in [1.165, 1.54) is 10.4 Å². The van der Waals surface area contributed by atoms with Gasteiger partial charge in [0.05, 0.1) is 4.90 Å². The second kappa shape index (κ2) is 9.44. The normalized spacial score (nSPS) is 18.5. The van der Waals surface area contributed by atoms with Gasteiger partial charge in [0.2, 0.25) is 10.0 Å². The minimum Gasteiger partial charge on any atom is -0.491 e. The lowest BCUT2D eigenvalue weighted by Crippen LogP contribution is -2.50. The van der Waals surface area contributed by atoms with Crippen molar-refractivity contribution < 1.29 is 27.7 Å². The number of fused-ring (bicyclic) bond motifs is 1. The molecule has 31 heavy (non-hydrogen) atoms. The van der Waals surface area contributed by atoms with Crippen LogP contribution in [-0.4, -0.2) is 81.4 Å². The number of aliphatic hydroxyl groups excluding tert-OH is 1. The molecule has 2 aromatic carbocycles. The van der Waals surface area contributed by atoms with Crippen LogP contribution >= 0.6 is 0 Å². The predicted octanol–water partition coefficient (Wildman–Crippen LogP) is 1.51. The topological polar surface area (TPSA) is 88.5 Å². The Bertz CT molecular complexity index is 1000. The number of piperazine rings is 1. The summed E-state index contributed by atoms with van der Waals surface area (Å²) in [5.41, 5.74) is 1.10. The van der Waals surface area contributed by atoms with Crippen molar-refractivity contribution in [1.82, 2.24) is 9.21 Å². The number of nitrogens with zero attached hydrogens (tertiary/aromatic N) is 2. The third-order valence-electron chi connectivity index (χ3n) is 5.38. The molecule has 1 atom stereocenters. The molecule has 0 aliphatic carbocycles. The molecule has 1 N–H and O–H groups in total. The van der Waals surface area contributed by atoms with E-state index in [1.807, 2.05) is 31.2 Å². The molecular weight excluding hydrogens is 420 g/mol. The van der Waals surface area contributed by atoms with Crippen LogP contribution in [0, 0.1) is 6.92 Å². The summed E-state index contributed by atoms with van der Waals surface area (Å²) >= 11 is 0. The van der Waals surface area contributed by atoms with Crippen LogP contribution in [0.4, 0.5) is 0 Å². The van der Waals surface area contributed by atoms with E-state index in [9.17, 15) is 13.5 Å². The molecule has 4 rings (SSSR count). The quantitative estimate of drug-likeness (QED) is 0.687. The largest absolute Gasteiger partial charge is 0.491 e. The number of hydrogen-bond acceptors (Lipinski definition) is 7. The molecule has 0 spiro atoms. The molecule has 0 radical (unpaired) electrons. The summed E-state index contributed by atoms with van der Waals surface area (Å²) in [6.07, 6.45) is -0.651. The van der Waals surface area contributed by atoms with Crippen LogP contribution in [0.3, 0.4) is 0 Å². The van der Waals surface area contributed by atoms with Crippen molar-refractivity contribution in [2.24, 2.45) is 0 Å². The zero-order valence-electron chi connectivity index (χ0n) is 17.6. The van der Waals surface area contributed by atoms with Crippen molar-refractivity contribution in [1.29, 1.82) is 0 Å². The molecule has 2 heterocycles. The molecule has 0 bridgehead atoms. The van der Waals surface area contributed by atoms with E-state index in [1.54, 1.807) is 12.1 Å². The van der Waals surface area contributed by atoms with E-state index in [-0.39, 0.29) is 11.5 Å². The van der Waals surface area contributed by atoms with E-state index in [4.69, 9.17) is 14.2 Å². The average Bonchev–Trinajstić information content (AvgIpc) is 2.78. The highest BCUT2D eigenvalue weighted by Gasteiger charge is 2.30. The van der Waals surface area contributed by atoms with E-state index in [0.29, 0.717) is 57.4 Å². The first-order valence-electron chi connectivity index (χ1n) is 10.4. The minimum absolute atomic E-state index is 0.194. The molecule has 2 aliphatic rings. The summed E-state index contributed by atoms with van der Waals surface area (Å²) in [7, 11) is -3.61. The summed E-state index contributed by atoms with van der Waals surface area (Å²) in [6, 6.07) is 12.4. The summed E-state index contributed by atoms with van der Waals surface area (Å²) in [6.45, 7) is 5.31. The minimum atomic E-state index is -3.61.